The molecule has 1 amide bonds. The minimum absolute atomic E-state index is 0.0846. The Balaban J connectivity index is 1.72. The fourth-order valence-corrected chi connectivity index (χ4v) is 4.30. The van der Waals surface area contributed by atoms with Crippen molar-refractivity contribution in [1.82, 2.24) is 9.55 Å². The smallest absolute Gasteiger partial charge is 0.266 e. The van der Waals surface area contributed by atoms with Crippen LogP contribution in [0.15, 0.2) is 87.2 Å². The number of para-hydroxylation sites is 4. The van der Waals surface area contributed by atoms with Crippen LogP contribution in [0, 0.1) is 0 Å². The molecule has 0 spiro atoms. The zero-order valence-corrected chi connectivity index (χ0v) is 18.9. The van der Waals surface area contributed by atoms with E-state index in [0.717, 1.165) is 4.47 Å². The van der Waals surface area contributed by atoms with Crippen LogP contribution in [0.5, 0.6) is 5.75 Å². The molecule has 0 fully saturated rings. The van der Waals surface area contributed by atoms with Gasteiger partial charge in [0.2, 0.25) is 5.91 Å². The predicted molar refractivity (Wildman–Crippen MR) is 127 cm³/mol. The Morgan fingerprint density at radius 1 is 1.06 bits per heavy atom. The standard InChI is InChI=1S/C23H18BrN3O3S/c1-30-20-13-7-6-12-19(20)27-22(29)15-8-2-4-10-17(15)26-23(27)31-14-21(28)25-18-11-5-3-9-16(18)24/h2-13H,14H2,1H3,(H,25,28). The van der Waals surface area contributed by atoms with Crippen LogP contribution in [0.1, 0.15) is 0 Å². The fraction of sp³-hybridized carbons (Fsp3) is 0.0870. The Bertz CT molecular complexity index is 1320. The molecule has 4 rings (SSSR count). The van der Waals surface area contributed by atoms with Crippen molar-refractivity contribution >= 4 is 50.2 Å². The maximum Gasteiger partial charge on any atom is 0.266 e. The van der Waals surface area contributed by atoms with Crippen molar-refractivity contribution in [2.45, 2.75) is 5.16 Å². The summed E-state index contributed by atoms with van der Waals surface area (Å²) in [5, 5.41) is 3.78. The summed E-state index contributed by atoms with van der Waals surface area (Å²) >= 11 is 4.61. The molecule has 31 heavy (non-hydrogen) atoms. The number of benzene rings is 3. The monoisotopic (exact) mass is 495 g/mol. The van der Waals surface area contributed by atoms with Gasteiger partial charge in [0.15, 0.2) is 5.16 Å². The number of methoxy groups -OCH3 is 1. The number of nitrogens with one attached hydrogen (secondary N) is 1. The Morgan fingerprint density at radius 3 is 2.58 bits per heavy atom. The van der Waals surface area contributed by atoms with Crippen LogP contribution in [0.4, 0.5) is 5.69 Å². The summed E-state index contributed by atoms with van der Waals surface area (Å²) in [6.45, 7) is 0. The van der Waals surface area contributed by atoms with E-state index in [2.05, 4.69) is 26.2 Å². The number of hydrogen-bond acceptors (Lipinski definition) is 5. The van der Waals surface area contributed by atoms with Gasteiger partial charge in [-0.1, -0.05) is 48.2 Å². The van der Waals surface area contributed by atoms with E-state index in [1.165, 1.54) is 16.3 Å². The molecule has 6 nitrogen and oxygen atoms in total. The summed E-state index contributed by atoms with van der Waals surface area (Å²) in [5.74, 6) is 0.424. The van der Waals surface area contributed by atoms with Gasteiger partial charge < -0.3 is 10.1 Å². The summed E-state index contributed by atoms with van der Waals surface area (Å²) in [6.07, 6.45) is 0. The lowest BCUT2D eigenvalue weighted by Crippen LogP contribution is -2.23. The zero-order valence-electron chi connectivity index (χ0n) is 16.5. The van der Waals surface area contributed by atoms with Crippen molar-refractivity contribution in [1.29, 1.82) is 0 Å². The highest BCUT2D eigenvalue weighted by atomic mass is 79.9. The number of rotatable bonds is 6. The van der Waals surface area contributed by atoms with Crippen molar-refractivity contribution in [2.24, 2.45) is 0 Å². The molecule has 4 aromatic rings. The second-order valence-electron chi connectivity index (χ2n) is 6.54. The molecule has 0 atom stereocenters. The van der Waals surface area contributed by atoms with E-state index < -0.39 is 0 Å². The van der Waals surface area contributed by atoms with Gasteiger partial charge in [0.05, 0.1) is 35.1 Å². The molecule has 0 saturated heterocycles. The lowest BCUT2D eigenvalue weighted by atomic mass is 10.2. The Hall–Kier alpha value is -3.10. The number of anilines is 1. The number of fused-ring (bicyclic) bond motifs is 1. The number of aromatic nitrogens is 2. The fourth-order valence-electron chi connectivity index (χ4n) is 3.12. The maximum absolute atomic E-state index is 13.3. The van der Waals surface area contributed by atoms with Crippen molar-refractivity contribution in [3.8, 4) is 11.4 Å². The van der Waals surface area contributed by atoms with Gasteiger partial charge in [-0.05, 0) is 52.3 Å². The van der Waals surface area contributed by atoms with Gasteiger partial charge in [0, 0.05) is 4.47 Å². The van der Waals surface area contributed by atoms with Gasteiger partial charge in [0.1, 0.15) is 5.75 Å². The second kappa shape index (κ2) is 9.36. The van der Waals surface area contributed by atoms with Crippen molar-refractivity contribution < 1.29 is 9.53 Å². The van der Waals surface area contributed by atoms with Crippen molar-refractivity contribution in [3.05, 3.63) is 87.6 Å². The molecule has 1 heterocycles. The molecular weight excluding hydrogens is 478 g/mol. The van der Waals surface area contributed by atoms with E-state index in [9.17, 15) is 9.59 Å². The predicted octanol–water partition coefficient (Wildman–Crippen LogP) is 4.89. The summed E-state index contributed by atoms with van der Waals surface area (Å²) in [5.41, 5.74) is 1.61. The van der Waals surface area contributed by atoms with E-state index in [4.69, 9.17) is 4.74 Å². The van der Waals surface area contributed by atoms with Crippen molar-refractivity contribution in [3.63, 3.8) is 0 Å². The van der Waals surface area contributed by atoms with Gasteiger partial charge in [0.25, 0.3) is 5.56 Å². The third-order valence-electron chi connectivity index (χ3n) is 4.55. The van der Waals surface area contributed by atoms with Crippen LogP contribution in [-0.4, -0.2) is 28.3 Å². The van der Waals surface area contributed by atoms with Crippen LogP contribution in [0.2, 0.25) is 0 Å². The van der Waals surface area contributed by atoms with E-state index in [1.807, 2.05) is 42.5 Å². The summed E-state index contributed by atoms with van der Waals surface area (Å²) in [6, 6.07) is 21.8. The van der Waals surface area contributed by atoms with E-state index >= 15 is 0 Å². The lowest BCUT2D eigenvalue weighted by Gasteiger charge is -2.15. The molecule has 0 bridgehead atoms. The molecule has 0 aliphatic carbocycles. The molecule has 1 N–H and O–H groups in total. The van der Waals surface area contributed by atoms with E-state index in [-0.39, 0.29) is 17.2 Å². The molecule has 3 aromatic carbocycles. The number of thioether (sulfide) groups is 1. The molecule has 0 aliphatic rings. The topological polar surface area (TPSA) is 73.2 Å². The highest BCUT2D eigenvalue weighted by Crippen LogP contribution is 2.27. The minimum Gasteiger partial charge on any atom is -0.495 e. The van der Waals surface area contributed by atoms with Crippen LogP contribution >= 0.6 is 27.7 Å². The quantitative estimate of drug-likeness (QED) is 0.304. The zero-order chi connectivity index (χ0) is 21.8. The number of halogens is 1. The number of ether oxygens (including phenoxy) is 1. The average molecular weight is 496 g/mol. The van der Waals surface area contributed by atoms with Gasteiger partial charge in [-0.25, -0.2) is 4.98 Å². The highest BCUT2D eigenvalue weighted by Gasteiger charge is 2.17. The van der Waals surface area contributed by atoms with Gasteiger partial charge in [-0.2, -0.15) is 0 Å². The molecule has 0 radical (unpaired) electrons. The maximum atomic E-state index is 13.3. The Labute approximate surface area is 191 Å². The Kier molecular flexibility index (Phi) is 6.39. The third kappa shape index (κ3) is 4.50. The molecule has 1 aromatic heterocycles. The second-order valence-corrected chi connectivity index (χ2v) is 8.34. The SMILES string of the molecule is COc1ccccc1-n1c(SCC(=O)Nc2ccccc2Br)nc2ccccc2c1=O. The number of amides is 1. The highest BCUT2D eigenvalue weighted by molar-refractivity contribution is 9.10. The van der Waals surface area contributed by atoms with E-state index in [1.54, 1.807) is 37.4 Å². The molecular formula is C23H18BrN3O3S. The van der Waals surface area contributed by atoms with Gasteiger partial charge in [-0.3, -0.25) is 14.2 Å². The molecule has 8 heteroatoms. The first-order valence-electron chi connectivity index (χ1n) is 9.41. The molecule has 156 valence electrons. The average Bonchev–Trinajstić information content (AvgIpc) is 2.79. The third-order valence-corrected chi connectivity index (χ3v) is 6.18. The van der Waals surface area contributed by atoms with Crippen LogP contribution in [0.25, 0.3) is 16.6 Å². The minimum atomic E-state index is -0.219. The number of carbonyl (C=O) groups is 1. The van der Waals surface area contributed by atoms with Crippen LogP contribution in [0.3, 0.4) is 0 Å². The van der Waals surface area contributed by atoms with Gasteiger partial charge >= 0.3 is 0 Å². The first kappa shape index (κ1) is 21.1. The number of hydrogen-bond donors (Lipinski definition) is 1. The lowest BCUT2D eigenvalue weighted by molar-refractivity contribution is -0.113. The van der Waals surface area contributed by atoms with Gasteiger partial charge in [-0.15, -0.1) is 0 Å². The molecule has 0 aliphatic heterocycles. The number of carbonyl (C=O) groups excluding carboxylic acids is 1. The largest absolute Gasteiger partial charge is 0.495 e. The first-order valence-corrected chi connectivity index (χ1v) is 11.2. The summed E-state index contributed by atoms with van der Waals surface area (Å²) in [4.78, 5) is 30.6. The van der Waals surface area contributed by atoms with E-state index in [0.29, 0.717) is 33.2 Å². The van der Waals surface area contributed by atoms with Crippen molar-refractivity contribution in [2.75, 3.05) is 18.2 Å². The molecule has 0 saturated carbocycles. The van der Waals surface area contributed by atoms with Crippen LogP contribution in [-0.2, 0) is 4.79 Å². The normalized spacial score (nSPS) is 10.8. The Morgan fingerprint density at radius 2 is 1.77 bits per heavy atom. The first-order chi connectivity index (χ1) is 15.1. The molecule has 0 unspecified atom stereocenters. The number of nitrogens with zero attached hydrogens (tertiary/aromatic N) is 2. The summed E-state index contributed by atoms with van der Waals surface area (Å²) in [7, 11) is 1.55. The van der Waals surface area contributed by atoms with Crippen LogP contribution < -0.4 is 15.6 Å². The summed E-state index contributed by atoms with van der Waals surface area (Å²) < 4.78 is 7.75.